The first-order chi connectivity index (χ1) is 9.83. The van der Waals surface area contributed by atoms with Gasteiger partial charge < -0.3 is 5.11 Å². The maximum absolute atomic E-state index is 13.7. The second-order valence-electron chi connectivity index (χ2n) is 4.49. The molecule has 21 heavy (non-hydrogen) atoms. The van der Waals surface area contributed by atoms with E-state index in [2.05, 4.69) is 20.7 Å². The molecular weight excluding hydrogens is 361 g/mol. The van der Waals surface area contributed by atoms with Crippen molar-refractivity contribution in [3.05, 3.63) is 57.8 Å². The molecule has 112 valence electrons. The maximum Gasteiger partial charge on any atom is 0.262 e. The molecule has 0 unspecified atom stereocenters. The third-order valence-electron chi connectivity index (χ3n) is 2.90. The van der Waals surface area contributed by atoms with Gasteiger partial charge in [0.1, 0.15) is 5.82 Å². The van der Waals surface area contributed by atoms with Gasteiger partial charge in [-0.05, 0) is 42.3 Å². The van der Waals surface area contributed by atoms with E-state index < -0.39 is 15.8 Å². The molecular formula is C14H13BrFNO3S. The van der Waals surface area contributed by atoms with E-state index in [4.69, 9.17) is 5.11 Å². The van der Waals surface area contributed by atoms with Gasteiger partial charge >= 0.3 is 0 Å². The van der Waals surface area contributed by atoms with Crippen LogP contribution in [-0.2, 0) is 16.6 Å². The molecule has 0 aliphatic heterocycles. The molecule has 0 bridgehead atoms. The normalized spacial score (nSPS) is 11.4. The number of aliphatic hydroxyl groups excluding tert-OH is 1. The minimum atomic E-state index is -3.93. The van der Waals surface area contributed by atoms with Crippen molar-refractivity contribution >= 4 is 31.6 Å². The molecule has 2 rings (SSSR count). The quantitative estimate of drug-likeness (QED) is 0.864. The van der Waals surface area contributed by atoms with E-state index in [1.54, 1.807) is 19.1 Å². The Morgan fingerprint density at radius 2 is 1.95 bits per heavy atom. The Labute approximate surface area is 130 Å². The van der Waals surface area contributed by atoms with E-state index >= 15 is 0 Å². The molecule has 0 spiro atoms. The molecule has 0 saturated heterocycles. The summed E-state index contributed by atoms with van der Waals surface area (Å²) in [5.41, 5.74) is 0.849. The first-order valence-corrected chi connectivity index (χ1v) is 8.29. The number of aliphatic hydroxyl groups is 1. The number of sulfonamides is 1. The number of halogens is 2. The minimum Gasteiger partial charge on any atom is -0.392 e. The third-order valence-corrected chi connectivity index (χ3v) is 4.90. The standard InChI is InChI=1S/C14H13BrFNO3S/c1-9-2-3-10(8-18)6-14(9)21(19,20)17-13-5-4-11(15)7-12(13)16/h2-7,17-18H,8H2,1H3. The lowest BCUT2D eigenvalue weighted by atomic mass is 10.2. The Bertz CT molecular complexity index is 778. The van der Waals surface area contributed by atoms with Crippen LogP contribution in [0.5, 0.6) is 0 Å². The highest BCUT2D eigenvalue weighted by Gasteiger charge is 2.19. The van der Waals surface area contributed by atoms with Gasteiger partial charge in [-0.1, -0.05) is 28.1 Å². The SMILES string of the molecule is Cc1ccc(CO)cc1S(=O)(=O)Nc1ccc(Br)cc1F. The van der Waals surface area contributed by atoms with Crippen LogP contribution in [0.1, 0.15) is 11.1 Å². The van der Waals surface area contributed by atoms with E-state index in [1.807, 2.05) is 0 Å². The molecule has 0 aromatic heterocycles. The number of aryl methyl sites for hydroxylation is 1. The first kappa shape index (κ1) is 15.9. The summed E-state index contributed by atoms with van der Waals surface area (Å²) in [7, 11) is -3.93. The first-order valence-electron chi connectivity index (χ1n) is 6.02. The van der Waals surface area contributed by atoms with Crippen LogP contribution in [0.2, 0.25) is 0 Å². The number of hydrogen-bond donors (Lipinski definition) is 2. The van der Waals surface area contributed by atoms with Crippen molar-refractivity contribution in [2.45, 2.75) is 18.4 Å². The molecule has 2 aromatic carbocycles. The maximum atomic E-state index is 13.7. The predicted molar refractivity (Wildman–Crippen MR) is 82.0 cm³/mol. The van der Waals surface area contributed by atoms with Crippen molar-refractivity contribution in [3.8, 4) is 0 Å². The van der Waals surface area contributed by atoms with Gasteiger partial charge in [-0.2, -0.15) is 0 Å². The summed E-state index contributed by atoms with van der Waals surface area (Å²) < 4.78 is 41.2. The third kappa shape index (κ3) is 3.61. The smallest absolute Gasteiger partial charge is 0.262 e. The van der Waals surface area contributed by atoms with Crippen LogP contribution < -0.4 is 4.72 Å². The van der Waals surface area contributed by atoms with Gasteiger partial charge in [-0.25, -0.2) is 12.8 Å². The van der Waals surface area contributed by atoms with E-state index in [-0.39, 0.29) is 17.2 Å². The van der Waals surface area contributed by atoms with E-state index in [9.17, 15) is 12.8 Å². The number of anilines is 1. The Kier molecular flexibility index (Phi) is 4.65. The second kappa shape index (κ2) is 6.13. The summed E-state index contributed by atoms with van der Waals surface area (Å²) in [5.74, 6) is -0.677. The topological polar surface area (TPSA) is 66.4 Å². The fraction of sp³-hybridized carbons (Fsp3) is 0.143. The van der Waals surface area contributed by atoms with Crippen LogP contribution in [0.3, 0.4) is 0 Å². The predicted octanol–water partition coefficient (Wildman–Crippen LogP) is 3.19. The monoisotopic (exact) mass is 373 g/mol. The second-order valence-corrected chi connectivity index (χ2v) is 7.05. The lowest BCUT2D eigenvalue weighted by Gasteiger charge is -2.12. The molecule has 0 saturated carbocycles. The highest BCUT2D eigenvalue weighted by Crippen LogP contribution is 2.24. The lowest BCUT2D eigenvalue weighted by Crippen LogP contribution is -2.15. The lowest BCUT2D eigenvalue weighted by molar-refractivity contribution is 0.281. The molecule has 0 heterocycles. The zero-order valence-corrected chi connectivity index (χ0v) is 13.5. The van der Waals surface area contributed by atoms with Crippen LogP contribution in [0, 0.1) is 12.7 Å². The number of hydrogen-bond acceptors (Lipinski definition) is 3. The van der Waals surface area contributed by atoms with Gasteiger partial charge in [0.05, 0.1) is 17.2 Å². The molecule has 0 atom stereocenters. The number of rotatable bonds is 4. The average Bonchev–Trinajstić information content (AvgIpc) is 2.42. The summed E-state index contributed by atoms with van der Waals surface area (Å²) in [5, 5.41) is 9.10. The van der Waals surface area contributed by atoms with Crippen molar-refractivity contribution in [3.63, 3.8) is 0 Å². The summed E-state index contributed by atoms with van der Waals surface area (Å²) >= 11 is 3.11. The van der Waals surface area contributed by atoms with Gasteiger partial charge in [0.2, 0.25) is 0 Å². The molecule has 2 aromatic rings. The van der Waals surface area contributed by atoms with Gasteiger partial charge in [0.15, 0.2) is 0 Å². The van der Waals surface area contributed by atoms with Crippen LogP contribution >= 0.6 is 15.9 Å². The fourth-order valence-electron chi connectivity index (χ4n) is 1.80. The largest absolute Gasteiger partial charge is 0.392 e. The molecule has 0 aliphatic carbocycles. The molecule has 0 fully saturated rings. The van der Waals surface area contributed by atoms with Gasteiger partial charge in [-0.3, -0.25) is 4.72 Å². The van der Waals surface area contributed by atoms with Crippen molar-refractivity contribution < 1.29 is 17.9 Å². The zero-order valence-electron chi connectivity index (χ0n) is 11.1. The molecule has 0 amide bonds. The van der Waals surface area contributed by atoms with E-state index in [0.29, 0.717) is 15.6 Å². The summed E-state index contributed by atoms with van der Waals surface area (Å²) in [4.78, 5) is 0.0105. The summed E-state index contributed by atoms with van der Waals surface area (Å²) in [6.07, 6.45) is 0. The van der Waals surface area contributed by atoms with E-state index in [1.165, 1.54) is 24.3 Å². The summed E-state index contributed by atoms with van der Waals surface area (Å²) in [6.45, 7) is 1.36. The molecule has 4 nitrogen and oxygen atoms in total. The van der Waals surface area contributed by atoms with Gasteiger partial charge in [0, 0.05) is 4.47 Å². The van der Waals surface area contributed by atoms with Crippen LogP contribution in [0.15, 0.2) is 45.8 Å². The van der Waals surface area contributed by atoms with Gasteiger partial charge in [-0.15, -0.1) is 0 Å². The van der Waals surface area contributed by atoms with Crippen molar-refractivity contribution in [1.29, 1.82) is 0 Å². The zero-order chi connectivity index (χ0) is 15.6. The average molecular weight is 374 g/mol. The van der Waals surface area contributed by atoms with Gasteiger partial charge in [0.25, 0.3) is 10.0 Å². The number of benzene rings is 2. The highest BCUT2D eigenvalue weighted by molar-refractivity contribution is 9.10. The minimum absolute atomic E-state index is 0.0105. The Balaban J connectivity index is 2.43. The molecule has 0 aliphatic rings. The van der Waals surface area contributed by atoms with Crippen LogP contribution in [-0.4, -0.2) is 13.5 Å². The Hall–Kier alpha value is -1.44. The Morgan fingerprint density at radius 1 is 1.24 bits per heavy atom. The van der Waals surface area contributed by atoms with Crippen molar-refractivity contribution in [2.24, 2.45) is 0 Å². The van der Waals surface area contributed by atoms with Crippen molar-refractivity contribution in [2.75, 3.05) is 4.72 Å². The molecule has 2 N–H and O–H groups in total. The summed E-state index contributed by atoms with van der Waals surface area (Å²) in [6, 6.07) is 8.65. The van der Waals surface area contributed by atoms with E-state index in [0.717, 1.165) is 0 Å². The van der Waals surface area contributed by atoms with Crippen LogP contribution in [0.4, 0.5) is 10.1 Å². The number of nitrogens with one attached hydrogen (secondary N) is 1. The molecule has 0 radical (unpaired) electrons. The highest BCUT2D eigenvalue weighted by atomic mass is 79.9. The fourth-order valence-corrected chi connectivity index (χ4v) is 3.50. The Morgan fingerprint density at radius 3 is 2.57 bits per heavy atom. The van der Waals surface area contributed by atoms with Crippen LogP contribution in [0.25, 0.3) is 0 Å². The van der Waals surface area contributed by atoms with Crippen molar-refractivity contribution in [1.82, 2.24) is 0 Å². The molecule has 7 heteroatoms.